The fraction of sp³-hybridized carbons (Fsp3) is 0.450. The number of nitrogens with zero attached hydrogens (tertiary/aromatic N) is 3. The van der Waals surface area contributed by atoms with Crippen LogP contribution in [-0.4, -0.2) is 35.4 Å². The molecule has 3 heterocycles. The molecule has 0 unspecified atom stereocenters. The molecule has 1 saturated heterocycles. The number of thioether (sulfide) groups is 1. The number of imidazole rings is 1. The molecule has 0 spiro atoms. The number of benzene rings is 1. The molecule has 1 aliphatic rings. The first kappa shape index (κ1) is 19.5. The number of piperidine rings is 1. The molecule has 1 aliphatic heterocycles. The lowest BCUT2D eigenvalue weighted by Crippen LogP contribution is -2.35. The van der Waals surface area contributed by atoms with E-state index in [1.165, 1.54) is 0 Å². The van der Waals surface area contributed by atoms with Crippen molar-refractivity contribution in [2.75, 3.05) is 13.1 Å². The molecule has 0 aliphatic carbocycles. The molecule has 0 bridgehead atoms. The maximum Gasteiger partial charge on any atom is 0.243 e. The third kappa shape index (κ3) is 3.86. The molecule has 0 amide bonds. The van der Waals surface area contributed by atoms with Gasteiger partial charge in [0.05, 0.1) is 33.7 Å². The van der Waals surface area contributed by atoms with Crippen molar-refractivity contribution in [3.05, 3.63) is 48.2 Å². The molecule has 0 N–H and O–H groups in total. The molecule has 28 heavy (non-hydrogen) atoms. The summed E-state index contributed by atoms with van der Waals surface area (Å²) in [5, 5.41) is 0. The van der Waals surface area contributed by atoms with E-state index >= 15 is 0 Å². The van der Waals surface area contributed by atoms with Gasteiger partial charge in [0.1, 0.15) is 11.6 Å². The van der Waals surface area contributed by atoms with Gasteiger partial charge >= 0.3 is 0 Å². The summed E-state index contributed by atoms with van der Waals surface area (Å²) in [6.07, 6.45) is 4.65. The summed E-state index contributed by atoms with van der Waals surface area (Å²) in [6, 6.07) is 9.20. The van der Waals surface area contributed by atoms with Crippen molar-refractivity contribution in [3.8, 4) is 0 Å². The molecule has 3 aromatic rings. The molecule has 8 heteroatoms. The molecule has 6 nitrogen and oxygen atoms in total. The number of rotatable bonds is 7. The van der Waals surface area contributed by atoms with E-state index in [1.54, 1.807) is 34.5 Å². The third-order valence-electron chi connectivity index (χ3n) is 5.12. The first-order chi connectivity index (χ1) is 13.6. The lowest BCUT2D eigenvalue weighted by molar-refractivity contribution is 0.346. The van der Waals surface area contributed by atoms with Crippen LogP contribution in [-0.2, 0) is 28.1 Å². The number of hydrogen-bond acceptors (Lipinski definition) is 5. The Morgan fingerprint density at radius 1 is 1.14 bits per heavy atom. The second-order valence-corrected chi connectivity index (χ2v) is 9.88. The summed E-state index contributed by atoms with van der Waals surface area (Å²) in [6.45, 7) is 4.10. The van der Waals surface area contributed by atoms with Crippen LogP contribution in [0.3, 0.4) is 0 Å². The first-order valence-electron chi connectivity index (χ1n) is 9.69. The van der Waals surface area contributed by atoms with Gasteiger partial charge in [0, 0.05) is 19.6 Å². The standard InChI is InChI=1S/C20H25N3O3S2/c1-2-23-19-9-8-17(28(24,25)22-10-4-3-5-11-22)13-18(19)21-20(23)15-27-14-16-7-6-12-26-16/h6-9,12-13H,2-5,10-11,14-15H2,1H3. The van der Waals surface area contributed by atoms with Gasteiger partial charge in [-0.05, 0) is 50.1 Å². The van der Waals surface area contributed by atoms with Gasteiger partial charge < -0.3 is 8.98 Å². The molecule has 0 saturated carbocycles. The van der Waals surface area contributed by atoms with Crippen LogP contribution in [0.25, 0.3) is 11.0 Å². The van der Waals surface area contributed by atoms with Crippen molar-refractivity contribution >= 4 is 32.8 Å². The van der Waals surface area contributed by atoms with E-state index in [1.807, 2.05) is 18.2 Å². The number of hydrogen-bond donors (Lipinski definition) is 0. The normalized spacial score (nSPS) is 16.0. The minimum absolute atomic E-state index is 0.345. The van der Waals surface area contributed by atoms with Crippen molar-refractivity contribution in [2.24, 2.45) is 0 Å². The fourth-order valence-electron chi connectivity index (χ4n) is 3.67. The Morgan fingerprint density at radius 3 is 2.68 bits per heavy atom. The number of furan rings is 1. The second-order valence-electron chi connectivity index (χ2n) is 6.96. The minimum atomic E-state index is -3.44. The summed E-state index contributed by atoms with van der Waals surface area (Å²) < 4.78 is 35.1. The zero-order valence-corrected chi connectivity index (χ0v) is 17.6. The van der Waals surface area contributed by atoms with E-state index in [9.17, 15) is 8.42 Å². The topological polar surface area (TPSA) is 68.3 Å². The van der Waals surface area contributed by atoms with Gasteiger partial charge in [-0.25, -0.2) is 13.4 Å². The summed E-state index contributed by atoms with van der Waals surface area (Å²) in [7, 11) is -3.44. The van der Waals surface area contributed by atoms with Crippen molar-refractivity contribution in [1.82, 2.24) is 13.9 Å². The predicted molar refractivity (Wildman–Crippen MR) is 112 cm³/mol. The van der Waals surface area contributed by atoms with Crippen LogP contribution in [0.15, 0.2) is 45.9 Å². The van der Waals surface area contributed by atoms with Crippen molar-refractivity contribution < 1.29 is 12.8 Å². The minimum Gasteiger partial charge on any atom is -0.468 e. The van der Waals surface area contributed by atoms with Gasteiger partial charge in [0.15, 0.2) is 0 Å². The van der Waals surface area contributed by atoms with Crippen molar-refractivity contribution in [3.63, 3.8) is 0 Å². The van der Waals surface area contributed by atoms with Gasteiger partial charge in [0.25, 0.3) is 0 Å². The maximum absolute atomic E-state index is 13.0. The van der Waals surface area contributed by atoms with Crippen LogP contribution in [0.4, 0.5) is 0 Å². The lowest BCUT2D eigenvalue weighted by atomic mass is 10.2. The van der Waals surface area contributed by atoms with E-state index in [0.29, 0.717) is 18.0 Å². The molecular formula is C20H25N3O3S2. The van der Waals surface area contributed by atoms with Gasteiger partial charge in [-0.15, -0.1) is 11.8 Å². The molecule has 0 atom stereocenters. The predicted octanol–water partition coefficient (Wildman–Crippen LogP) is 4.26. The highest BCUT2D eigenvalue weighted by atomic mass is 32.2. The Morgan fingerprint density at radius 2 is 1.96 bits per heavy atom. The smallest absolute Gasteiger partial charge is 0.243 e. The second kappa shape index (κ2) is 8.31. The summed E-state index contributed by atoms with van der Waals surface area (Å²) in [4.78, 5) is 5.10. The summed E-state index contributed by atoms with van der Waals surface area (Å²) in [5.41, 5.74) is 1.72. The Labute approximate surface area is 170 Å². The number of fused-ring (bicyclic) bond motifs is 1. The molecular weight excluding hydrogens is 394 g/mol. The van der Waals surface area contributed by atoms with Crippen LogP contribution in [0.2, 0.25) is 0 Å². The highest BCUT2D eigenvalue weighted by Crippen LogP contribution is 2.27. The van der Waals surface area contributed by atoms with Gasteiger partial charge in [-0.3, -0.25) is 0 Å². The van der Waals surface area contributed by atoms with Gasteiger partial charge in [-0.1, -0.05) is 6.42 Å². The molecule has 1 aromatic carbocycles. The lowest BCUT2D eigenvalue weighted by Gasteiger charge is -2.25. The van der Waals surface area contributed by atoms with Gasteiger partial charge in [-0.2, -0.15) is 4.31 Å². The Hall–Kier alpha value is -1.77. The van der Waals surface area contributed by atoms with E-state index in [0.717, 1.165) is 59.9 Å². The molecule has 2 aromatic heterocycles. The van der Waals surface area contributed by atoms with Crippen LogP contribution in [0.1, 0.15) is 37.8 Å². The zero-order valence-electron chi connectivity index (χ0n) is 16.0. The van der Waals surface area contributed by atoms with Gasteiger partial charge in [0.2, 0.25) is 10.0 Å². The van der Waals surface area contributed by atoms with Crippen LogP contribution in [0, 0.1) is 0 Å². The SMILES string of the molecule is CCn1c(CSCc2ccco2)nc2cc(S(=O)(=O)N3CCCCC3)ccc21. The summed E-state index contributed by atoms with van der Waals surface area (Å²) >= 11 is 1.74. The molecule has 1 fully saturated rings. The Bertz CT molecular complexity index is 1040. The van der Waals surface area contributed by atoms with E-state index in [4.69, 9.17) is 9.40 Å². The van der Waals surface area contributed by atoms with E-state index in [-0.39, 0.29) is 0 Å². The largest absolute Gasteiger partial charge is 0.468 e. The van der Waals surface area contributed by atoms with E-state index in [2.05, 4.69) is 11.5 Å². The highest BCUT2D eigenvalue weighted by molar-refractivity contribution is 7.97. The Kier molecular flexibility index (Phi) is 5.80. The summed E-state index contributed by atoms with van der Waals surface area (Å²) in [5.74, 6) is 3.44. The monoisotopic (exact) mass is 419 g/mol. The first-order valence-corrected chi connectivity index (χ1v) is 12.3. The van der Waals surface area contributed by atoms with Crippen LogP contribution < -0.4 is 0 Å². The molecule has 150 valence electrons. The molecule has 0 radical (unpaired) electrons. The molecule has 4 rings (SSSR count). The zero-order chi connectivity index (χ0) is 19.6. The quantitative estimate of drug-likeness (QED) is 0.572. The highest BCUT2D eigenvalue weighted by Gasteiger charge is 2.26. The average molecular weight is 420 g/mol. The van der Waals surface area contributed by atoms with Crippen LogP contribution >= 0.6 is 11.8 Å². The maximum atomic E-state index is 13.0. The fourth-order valence-corrected chi connectivity index (χ4v) is 6.08. The third-order valence-corrected chi connectivity index (χ3v) is 7.97. The Balaban J connectivity index is 1.58. The van der Waals surface area contributed by atoms with Crippen molar-refractivity contribution in [2.45, 2.75) is 49.1 Å². The van der Waals surface area contributed by atoms with Crippen LogP contribution in [0.5, 0.6) is 0 Å². The average Bonchev–Trinajstić information content (AvgIpc) is 3.35. The van der Waals surface area contributed by atoms with E-state index < -0.39 is 10.0 Å². The number of aryl methyl sites for hydroxylation is 1. The number of sulfonamides is 1. The number of aromatic nitrogens is 2. The van der Waals surface area contributed by atoms with Crippen molar-refractivity contribution in [1.29, 1.82) is 0 Å².